The Bertz CT molecular complexity index is 785. The van der Waals surface area contributed by atoms with Crippen molar-refractivity contribution in [3.05, 3.63) is 65.2 Å². The molecule has 0 unspecified atom stereocenters. The minimum Gasteiger partial charge on any atom is -0.366 e. The van der Waals surface area contributed by atoms with Crippen LogP contribution in [0.3, 0.4) is 0 Å². The topological polar surface area (TPSA) is 92.5 Å². The molecule has 0 aliphatic carbocycles. The van der Waals surface area contributed by atoms with E-state index in [1.807, 2.05) is 25.1 Å². The second kappa shape index (κ2) is 8.10. The first-order chi connectivity index (χ1) is 11.9. The lowest BCUT2D eigenvalue weighted by Crippen LogP contribution is -2.27. The highest BCUT2D eigenvalue weighted by Gasteiger charge is 2.10. The first-order valence-corrected chi connectivity index (χ1v) is 7.96. The van der Waals surface area contributed by atoms with E-state index in [0.29, 0.717) is 29.9 Å². The Kier molecular flexibility index (Phi) is 5.89. The first-order valence-electron chi connectivity index (χ1n) is 7.96. The molecular weight excluding hydrogens is 318 g/mol. The quantitative estimate of drug-likeness (QED) is 0.846. The lowest BCUT2D eigenvalue weighted by Gasteiger charge is -2.19. The van der Waals surface area contributed by atoms with Gasteiger partial charge < -0.3 is 16.0 Å². The zero-order valence-electron chi connectivity index (χ0n) is 14.3. The number of benzene rings is 2. The largest absolute Gasteiger partial charge is 0.366 e. The van der Waals surface area contributed by atoms with Crippen molar-refractivity contribution in [3.63, 3.8) is 0 Å². The molecular formula is C19H21N3O3. The van der Waals surface area contributed by atoms with Crippen LogP contribution >= 0.6 is 0 Å². The average Bonchev–Trinajstić information content (AvgIpc) is 2.59. The number of hydrogen-bond donors (Lipinski definition) is 2. The van der Waals surface area contributed by atoms with Gasteiger partial charge in [-0.25, -0.2) is 0 Å². The molecule has 3 N–H and O–H groups in total. The van der Waals surface area contributed by atoms with Crippen LogP contribution in [-0.2, 0) is 11.3 Å². The minimum absolute atomic E-state index is 0.00600. The highest BCUT2D eigenvalue weighted by atomic mass is 16.2. The SMILES string of the molecule is CCN(Cc1cccc(NC(=O)c2ccc(C(N)=O)cc2)c1)C(C)=O. The Balaban J connectivity index is 2.09. The highest BCUT2D eigenvalue weighted by molar-refractivity contribution is 6.05. The maximum Gasteiger partial charge on any atom is 0.255 e. The van der Waals surface area contributed by atoms with Gasteiger partial charge in [0, 0.05) is 36.8 Å². The summed E-state index contributed by atoms with van der Waals surface area (Å²) in [5.41, 5.74) is 7.53. The fraction of sp³-hybridized carbons (Fsp3) is 0.211. The Hall–Kier alpha value is -3.15. The van der Waals surface area contributed by atoms with Crippen LogP contribution in [0, 0.1) is 0 Å². The van der Waals surface area contributed by atoms with E-state index in [9.17, 15) is 14.4 Å². The van der Waals surface area contributed by atoms with Gasteiger partial charge in [0.1, 0.15) is 0 Å². The van der Waals surface area contributed by atoms with E-state index in [0.717, 1.165) is 5.56 Å². The monoisotopic (exact) mass is 339 g/mol. The number of nitrogens with zero attached hydrogens (tertiary/aromatic N) is 1. The van der Waals surface area contributed by atoms with Crippen molar-refractivity contribution in [1.29, 1.82) is 0 Å². The van der Waals surface area contributed by atoms with E-state index >= 15 is 0 Å². The molecule has 0 saturated carbocycles. The third-order valence-electron chi connectivity index (χ3n) is 3.82. The summed E-state index contributed by atoms with van der Waals surface area (Å²) in [5.74, 6) is -0.816. The molecule has 0 saturated heterocycles. The van der Waals surface area contributed by atoms with E-state index in [4.69, 9.17) is 5.73 Å². The molecule has 2 aromatic carbocycles. The number of amides is 3. The van der Waals surface area contributed by atoms with Crippen LogP contribution < -0.4 is 11.1 Å². The van der Waals surface area contributed by atoms with E-state index < -0.39 is 5.91 Å². The van der Waals surface area contributed by atoms with Gasteiger partial charge >= 0.3 is 0 Å². The third kappa shape index (κ3) is 4.91. The predicted octanol–water partition coefficient (Wildman–Crippen LogP) is 2.41. The third-order valence-corrected chi connectivity index (χ3v) is 3.82. The molecule has 25 heavy (non-hydrogen) atoms. The number of hydrogen-bond acceptors (Lipinski definition) is 3. The van der Waals surface area contributed by atoms with Gasteiger partial charge in [0.15, 0.2) is 0 Å². The lowest BCUT2D eigenvalue weighted by atomic mass is 10.1. The lowest BCUT2D eigenvalue weighted by molar-refractivity contribution is -0.129. The molecule has 0 atom stereocenters. The number of nitrogens with one attached hydrogen (secondary N) is 1. The molecule has 130 valence electrons. The standard InChI is InChI=1S/C19H21N3O3/c1-3-22(13(2)23)12-14-5-4-6-17(11-14)21-19(25)16-9-7-15(8-10-16)18(20)24/h4-11H,3,12H2,1-2H3,(H2,20,24)(H,21,25). The number of carbonyl (C=O) groups is 3. The zero-order chi connectivity index (χ0) is 18.4. The zero-order valence-corrected chi connectivity index (χ0v) is 14.3. The number of nitrogens with two attached hydrogens (primary N) is 1. The minimum atomic E-state index is -0.536. The molecule has 6 nitrogen and oxygen atoms in total. The van der Waals surface area contributed by atoms with Gasteiger partial charge in [-0.15, -0.1) is 0 Å². The first kappa shape index (κ1) is 18.2. The normalized spacial score (nSPS) is 10.2. The molecule has 0 heterocycles. The van der Waals surface area contributed by atoms with E-state index in [1.54, 1.807) is 23.1 Å². The second-order valence-corrected chi connectivity index (χ2v) is 5.63. The fourth-order valence-corrected chi connectivity index (χ4v) is 2.40. The Labute approximate surface area is 146 Å². The second-order valence-electron chi connectivity index (χ2n) is 5.63. The van der Waals surface area contributed by atoms with Gasteiger partial charge in [-0.3, -0.25) is 14.4 Å². The summed E-state index contributed by atoms with van der Waals surface area (Å²) < 4.78 is 0. The van der Waals surface area contributed by atoms with Gasteiger partial charge in [0.2, 0.25) is 11.8 Å². The van der Waals surface area contributed by atoms with Crippen LogP contribution in [0.2, 0.25) is 0 Å². The number of carbonyl (C=O) groups excluding carboxylic acids is 3. The van der Waals surface area contributed by atoms with Gasteiger partial charge in [-0.05, 0) is 48.9 Å². The van der Waals surface area contributed by atoms with Crippen molar-refractivity contribution >= 4 is 23.4 Å². The maximum atomic E-state index is 12.3. The van der Waals surface area contributed by atoms with Gasteiger partial charge in [0.25, 0.3) is 5.91 Å². The fourth-order valence-electron chi connectivity index (χ4n) is 2.40. The maximum absolute atomic E-state index is 12.3. The summed E-state index contributed by atoms with van der Waals surface area (Å²) >= 11 is 0. The molecule has 3 amide bonds. The van der Waals surface area contributed by atoms with Gasteiger partial charge in [-0.2, -0.15) is 0 Å². The van der Waals surface area contributed by atoms with Crippen molar-refractivity contribution in [2.45, 2.75) is 20.4 Å². The summed E-state index contributed by atoms with van der Waals surface area (Å²) in [6.45, 7) is 4.56. The predicted molar refractivity (Wildman–Crippen MR) is 96.1 cm³/mol. The molecule has 2 aromatic rings. The summed E-state index contributed by atoms with van der Waals surface area (Å²) in [7, 11) is 0. The van der Waals surface area contributed by atoms with Crippen LogP contribution in [-0.4, -0.2) is 29.2 Å². The van der Waals surface area contributed by atoms with E-state index in [1.165, 1.54) is 19.1 Å². The van der Waals surface area contributed by atoms with E-state index in [-0.39, 0.29) is 11.8 Å². The Morgan fingerprint density at radius 1 is 1.04 bits per heavy atom. The van der Waals surface area contributed by atoms with Crippen LogP contribution in [0.4, 0.5) is 5.69 Å². The molecule has 0 aliphatic rings. The van der Waals surface area contributed by atoms with Crippen LogP contribution in [0.25, 0.3) is 0 Å². The molecule has 0 aliphatic heterocycles. The van der Waals surface area contributed by atoms with Crippen LogP contribution in [0.5, 0.6) is 0 Å². The number of primary amides is 1. The molecule has 0 bridgehead atoms. The summed E-state index contributed by atoms with van der Waals surface area (Å²) in [6, 6.07) is 13.5. The van der Waals surface area contributed by atoms with Crippen molar-refractivity contribution < 1.29 is 14.4 Å². The highest BCUT2D eigenvalue weighted by Crippen LogP contribution is 2.14. The van der Waals surface area contributed by atoms with Crippen molar-refractivity contribution in [3.8, 4) is 0 Å². The molecule has 6 heteroatoms. The summed E-state index contributed by atoms with van der Waals surface area (Å²) in [6.07, 6.45) is 0. The van der Waals surface area contributed by atoms with Gasteiger partial charge in [-0.1, -0.05) is 12.1 Å². The molecule has 2 rings (SSSR count). The molecule has 0 spiro atoms. The molecule has 0 radical (unpaired) electrons. The van der Waals surface area contributed by atoms with Crippen molar-refractivity contribution in [1.82, 2.24) is 4.90 Å². The number of rotatable bonds is 6. The Morgan fingerprint density at radius 3 is 2.24 bits per heavy atom. The van der Waals surface area contributed by atoms with Crippen molar-refractivity contribution in [2.24, 2.45) is 5.73 Å². The molecule has 0 aromatic heterocycles. The average molecular weight is 339 g/mol. The van der Waals surface area contributed by atoms with Crippen LogP contribution in [0.1, 0.15) is 40.1 Å². The van der Waals surface area contributed by atoms with E-state index in [2.05, 4.69) is 5.32 Å². The van der Waals surface area contributed by atoms with Crippen LogP contribution in [0.15, 0.2) is 48.5 Å². The summed E-state index contributed by atoms with van der Waals surface area (Å²) in [5, 5.41) is 2.81. The number of anilines is 1. The van der Waals surface area contributed by atoms with Gasteiger partial charge in [0.05, 0.1) is 0 Å². The molecule has 0 fully saturated rings. The van der Waals surface area contributed by atoms with Crippen molar-refractivity contribution in [2.75, 3.05) is 11.9 Å². The Morgan fingerprint density at radius 2 is 1.68 bits per heavy atom. The summed E-state index contributed by atoms with van der Waals surface area (Å²) in [4.78, 5) is 36.6. The smallest absolute Gasteiger partial charge is 0.255 e.